The van der Waals surface area contributed by atoms with Crippen LogP contribution < -0.4 is 0 Å². The van der Waals surface area contributed by atoms with Crippen molar-refractivity contribution >= 4 is 17.6 Å². The summed E-state index contributed by atoms with van der Waals surface area (Å²) in [7, 11) is 1.11. The first-order valence-electron chi connectivity index (χ1n) is 3.57. The van der Waals surface area contributed by atoms with Gasteiger partial charge in [-0.25, -0.2) is 9.18 Å². The van der Waals surface area contributed by atoms with Crippen LogP contribution >= 0.6 is 11.6 Å². The monoisotopic (exact) mass is 213 g/mol. The highest BCUT2D eigenvalue weighted by Gasteiger charge is 2.18. The Balaban J connectivity index is 3.42. The number of carbonyl (C=O) groups is 1. The molecular formula is C9H5ClFNO2. The molecule has 0 aromatic heterocycles. The zero-order valence-electron chi connectivity index (χ0n) is 7.17. The SMILES string of the molecule is COC(=O)c1c(F)cc(Cl)cc1C#N. The molecule has 0 unspecified atom stereocenters. The van der Waals surface area contributed by atoms with Crippen molar-refractivity contribution < 1.29 is 13.9 Å². The number of esters is 1. The number of nitrogens with zero attached hydrogens (tertiary/aromatic N) is 1. The van der Waals surface area contributed by atoms with Gasteiger partial charge in [-0.1, -0.05) is 11.6 Å². The topological polar surface area (TPSA) is 50.1 Å². The number of hydrogen-bond donors (Lipinski definition) is 0. The summed E-state index contributed by atoms with van der Waals surface area (Å²) in [6, 6.07) is 3.83. The van der Waals surface area contributed by atoms with E-state index in [0.717, 1.165) is 13.2 Å². The molecule has 0 bridgehead atoms. The molecule has 14 heavy (non-hydrogen) atoms. The third-order valence-corrected chi connectivity index (χ3v) is 1.78. The van der Waals surface area contributed by atoms with Crippen LogP contribution in [0.1, 0.15) is 15.9 Å². The summed E-state index contributed by atoms with van der Waals surface area (Å²) in [5, 5.41) is 8.69. The van der Waals surface area contributed by atoms with Crippen LogP contribution in [0.15, 0.2) is 12.1 Å². The molecule has 0 fully saturated rings. The van der Waals surface area contributed by atoms with E-state index in [4.69, 9.17) is 16.9 Å². The van der Waals surface area contributed by atoms with Crippen LogP contribution in [0.25, 0.3) is 0 Å². The molecule has 0 atom stereocenters. The molecule has 0 aliphatic carbocycles. The van der Waals surface area contributed by atoms with Gasteiger partial charge in [-0.05, 0) is 12.1 Å². The summed E-state index contributed by atoms with van der Waals surface area (Å²) in [5.74, 6) is -1.75. The van der Waals surface area contributed by atoms with Crippen molar-refractivity contribution in [2.24, 2.45) is 0 Å². The summed E-state index contributed by atoms with van der Waals surface area (Å²) >= 11 is 5.51. The molecule has 3 nitrogen and oxygen atoms in total. The van der Waals surface area contributed by atoms with Gasteiger partial charge in [-0.15, -0.1) is 0 Å². The van der Waals surface area contributed by atoms with Crippen LogP contribution in [-0.2, 0) is 4.74 Å². The number of benzene rings is 1. The fourth-order valence-corrected chi connectivity index (χ4v) is 1.18. The first-order valence-corrected chi connectivity index (χ1v) is 3.95. The van der Waals surface area contributed by atoms with Crippen LogP contribution in [0, 0.1) is 17.1 Å². The summed E-state index contributed by atoms with van der Waals surface area (Å²) in [6.45, 7) is 0. The third-order valence-electron chi connectivity index (χ3n) is 1.56. The summed E-state index contributed by atoms with van der Waals surface area (Å²) in [5.41, 5.74) is -0.527. The molecule has 0 saturated carbocycles. The Kier molecular flexibility index (Phi) is 3.05. The van der Waals surface area contributed by atoms with Crippen molar-refractivity contribution in [3.63, 3.8) is 0 Å². The largest absolute Gasteiger partial charge is 0.465 e. The van der Waals surface area contributed by atoms with Gasteiger partial charge in [0.1, 0.15) is 17.4 Å². The van der Waals surface area contributed by atoms with E-state index in [1.807, 2.05) is 0 Å². The fraction of sp³-hybridized carbons (Fsp3) is 0.111. The van der Waals surface area contributed by atoms with Crippen molar-refractivity contribution in [3.8, 4) is 6.07 Å². The van der Waals surface area contributed by atoms with E-state index in [1.165, 1.54) is 6.07 Å². The fourth-order valence-electron chi connectivity index (χ4n) is 0.971. The Hall–Kier alpha value is -1.60. The second-order valence-corrected chi connectivity index (χ2v) is 2.85. The van der Waals surface area contributed by atoms with Gasteiger partial charge in [0.2, 0.25) is 0 Å². The Morgan fingerprint density at radius 3 is 2.79 bits per heavy atom. The molecule has 1 aromatic carbocycles. The predicted molar refractivity (Wildman–Crippen MR) is 47.5 cm³/mol. The Bertz CT molecular complexity index is 426. The molecule has 0 aliphatic heterocycles. The van der Waals surface area contributed by atoms with E-state index in [0.29, 0.717) is 0 Å². The maximum absolute atomic E-state index is 13.2. The molecule has 0 radical (unpaired) electrons. The van der Waals surface area contributed by atoms with E-state index in [2.05, 4.69) is 4.74 Å². The molecular weight excluding hydrogens is 209 g/mol. The van der Waals surface area contributed by atoms with E-state index < -0.39 is 11.8 Å². The van der Waals surface area contributed by atoms with E-state index in [-0.39, 0.29) is 16.1 Å². The molecule has 72 valence electrons. The van der Waals surface area contributed by atoms with Crippen molar-refractivity contribution in [2.45, 2.75) is 0 Å². The van der Waals surface area contributed by atoms with Crippen LogP contribution in [0.4, 0.5) is 4.39 Å². The Morgan fingerprint density at radius 2 is 2.29 bits per heavy atom. The van der Waals surface area contributed by atoms with Gasteiger partial charge in [0.15, 0.2) is 0 Å². The molecule has 0 amide bonds. The van der Waals surface area contributed by atoms with Crippen LogP contribution in [0.5, 0.6) is 0 Å². The van der Waals surface area contributed by atoms with Crippen molar-refractivity contribution in [3.05, 3.63) is 34.1 Å². The number of methoxy groups -OCH3 is 1. The maximum atomic E-state index is 13.2. The average Bonchev–Trinajstić information content (AvgIpc) is 2.15. The minimum absolute atomic E-state index is 0.0618. The first-order chi connectivity index (χ1) is 6.60. The number of carbonyl (C=O) groups excluding carboxylic acids is 1. The average molecular weight is 214 g/mol. The van der Waals surface area contributed by atoms with E-state index >= 15 is 0 Å². The molecule has 0 saturated heterocycles. The smallest absolute Gasteiger partial charge is 0.342 e. The molecule has 0 aliphatic rings. The van der Waals surface area contributed by atoms with Gasteiger partial charge >= 0.3 is 5.97 Å². The zero-order valence-corrected chi connectivity index (χ0v) is 7.93. The van der Waals surface area contributed by atoms with Gasteiger partial charge in [-0.2, -0.15) is 5.26 Å². The normalized spacial score (nSPS) is 9.29. The van der Waals surface area contributed by atoms with E-state index in [9.17, 15) is 9.18 Å². The van der Waals surface area contributed by atoms with Gasteiger partial charge in [0.25, 0.3) is 0 Å². The van der Waals surface area contributed by atoms with Crippen molar-refractivity contribution in [1.29, 1.82) is 5.26 Å². The standard InChI is InChI=1S/C9H5ClFNO2/c1-14-9(13)8-5(4-12)2-6(10)3-7(8)11/h2-3H,1H3. The molecule has 1 rings (SSSR count). The van der Waals surface area contributed by atoms with Crippen LogP contribution in [-0.4, -0.2) is 13.1 Å². The first kappa shape index (κ1) is 10.5. The zero-order chi connectivity index (χ0) is 10.7. The minimum Gasteiger partial charge on any atom is -0.465 e. The summed E-state index contributed by atoms with van der Waals surface area (Å²) in [4.78, 5) is 11.1. The van der Waals surface area contributed by atoms with Gasteiger partial charge in [0, 0.05) is 5.02 Å². The lowest BCUT2D eigenvalue weighted by atomic mass is 10.1. The van der Waals surface area contributed by atoms with Crippen molar-refractivity contribution in [1.82, 2.24) is 0 Å². The lowest BCUT2D eigenvalue weighted by molar-refractivity contribution is 0.0595. The predicted octanol–water partition coefficient (Wildman–Crippen LogP) is 2.14. The van der Waals surface area contributed by atoms with Crippen LogP contribution in [0.3, 0.4) is 0 Å². The number of rotatable bonds is 1. The highest BCUT2D eigenvalue weighted by atomic mass is 35.5. The summed E-state index contributed by atoms with van der Waals surface area (Å²) in [6.07, 6.45) is 0. The Morgan fingerprint density at radius 1 is 1.64 bits per heavy atom. The minimum atomic E-state index is -0.893. The second kappa shape index (κ2) is 4.07. The van der Waals surface area contributed by atoms with Crippen molar-refractivity contribution in [2.75, 3.05) is 7.11 Å². The number of halogens is 2. The molecule has 5 heteroatoms. The Labute approximate surface area is 84.7 Å². The highest BCUT2D eigenvalue weighted by Crippen LogP contribution is 2.20. The molecule has 0 N–H and O–H groups in total. The summed E-state index contributed by atoms with van der Waals surface area (Å²) < 4.78 is 17.5. The van der Waals surface area contributed by atoms with Gasteiger partial charge < -0.3 is 4.74 Å². The van der Waals surface area contributed by atoms with Crippen LogP contribution in [0.2, 0.25) is 5.02 Å². The maximum Gasteiger partial charge on any atom is 0.342 e. The van der Waals surface area contributed by atoms with Gasteiger partial charge in [-0.3, -0.25) is 0 Å². The van der Waals surface area contributed by atoms with Gasteiger partial charge in [0.05, 0.1) is 12.7 Å². The third kappa shape index (κ3) is 1.83. The van der Waals surface area contributed by atoms with E-state index in [1.54, 1.807) is 6.07 Å². The number of nitriles is 1. The molecule has 1 aromatic rings. The molecule has 0 spiro atoms. The lowest BCUT2D eigenvalue weighted by Gasteiger charge is -2.03. The number of hydrogen-bond acceptors (Lipinski definition) is 3. The lowest BCUT2D eigenvalue weighted by Crippen LogP contribution is -2.07. The quantitative estimate of drug-likeness (QED) is 0.672. The number of ether oxygens (including phenoxy) is 1. The molecule has 0 heterocycles. The second-order valence-electron chi connectivity index (χ2n) is 2.41. The highest BCUT2D eigenvalue weighted by molar-refractivity contribution is 6.30.